The minimum Gasteiger partial charge on any atom is -0.425 e. The minimum absolute atomic E-state index is 0.0170. The average Bonchev–Trinajstić information content (AvgIpc) is 2.69. The molecule has 154 valence electrons. The number of carbonyl (C=O) groups is 2. The first-order valence-electron chi connectivity index (χ1n) is 8.66. The molecule has 0 heterocycles. The first-order chi connectivity index (χ1) is 13.6. The highest BCUT2D eigenvalue weighted by atomic mass is 35.5. The average molecular weight is 440 g/mol. The largest absolute Gasteiger partial charge is 0.425 e. The summed E-state index contributed by atoms with van der Waals surface area (Å²) < 4.78 is 5.32. The van der Waals surface area contributed by atoms with Crippen LogP contribution in [0.1, 0.15) is 30.6 Å². The number of halogens is 2. The van der Waals surface area contributed by atoms with Crippen molar-refractivity contribution in [3.8, 4) is 5.75 Å². The van der Waals surface area contributed by atoms with Crippen LogP contribution in [-0.2, 0) is 4.79 Å². The fourth-order valence-corrected chi connectivity index (χ4v) is 2.73. The molecule has 0 unspecified atom stereocenters. The van der Waals surface area contributed by atoms with Crippen LogP contribution in [-0.4, -0.2) is 22.8 Å². The molecule has 1 amide bonds. The standard InChI is InChI=1S/C19H19Cl2N3O5/c1-3-10(2)17(22)19(26)29-16-7-4-11(20)8-13(16)18(25)23-15-6-5-12(24(27)28)9-14(15)21/h4-10,17H,3,22H2,1-2H3,(H,23,25)/t10-,17-/m0/s1. The molecule has 0 bridgehead atoms. The van der Waals surface area contributed by atoms with E-state index in [1.165, 1.54) is 30.3 Å². The Kier molecular flexibility index (Phi) is 7.55. The van der Waals surface area contributed by atoms with E-state index in [1.54, 1.807) is 0 Å². The quantitative estimate of drug-likeness (QED) is 0.284. The molecule has 2 rings (SSSR count). The lowest BCUT2D eigenvalue weighted by atomic mass is 10.0. The zero-order valence-electron chi connectivity index (χ0n) is 15.6. The van der Waals surface area contributed by atoms with E-state index in [0.29, 0.717) is 6.42 Å². The van der Waals surface area contributed by atoms with Gasteiger partial charge in [0.25, 0.3) is 11.6 Å². The van der Waals surface area contributed by atoms with Crippen molar-refractivity contribution in [2.24, 2.45) is 11.7 Å². The van der Waals surface area contributed by atoms with Crippen molar-refractivity contribution in [1.29, 1.82) is 0 Å². The second kappa shape index (κ2) is 9.69. The predicted molar refractivity (Wildman–Crippen MR) is 111 cm³/mol. The van der Waals surface area contributed by atoms with Crippen molar-refractivity contribution in [3.63, 3.8) is 0 Å². The van der Waals surface area contributed by atoms with Crippen molar-refractivity contribution < 1.29 is 19.2 Å². The number of nitro benzene ring substituents is 1. The Hall–Kier alpha value is -2.68. The number of ether oxygens (including phenoxy) is 1. The monoisotopic (exact) mass is 439 g/mol. The molecule has 0 radical (unpaired) electrons. The second-order valence-electron chi connectivity index (χ2n) is 6.35. The first kappa shape index (κ1) is 22.6. The number of nitro groups is 1. The summed E-state index contributed by atoms with van der Waals surface area (Å²) in [6.45, 7) is 3.71. The van der Waals surface area contributed by atoms with Crippen LogP contribution in [0.4, 0.5) is 11.4 Å². The molecular weight excluding hydrogens is 421 g/mol. The molecule has 8 nitrogen and oxygen atoms in total. The van der Waals surface area contributed by atoms with Crippen molar-refractivity contribution in [2.75, 3.05) is 5.32 Å². The lowest BCUT2D eigenvalue weighted by Crippen LogP contribution is -2.39. The number of non-ortho nitro benzene ring substituents is 1. The highest BCUT2D eigenvalue weighted by molar-refractivity contribution is 6.34. The van der Waals surface area contributed by atoms with Gasteiger partial charge >= 0.3 is 5.97 Å². The van der Waals surface area contributed by atoms with Crippen molar-refractivity contribution in [2.45, 2.75) is 26.3 Å². The molecular formula is C19H19Cl2N3O5. The van der Waals surface area contributed by atoms with E-state index >= 15 is 0 Å². The molecule has 0 aliphatic heterocycles. The van der Waals surface area contributed by atoms with Gasteiger partial charge in [0.05, 0.1) is 21.2 Å². The zero-order chi connectivity index (χ0) is 21.7. The molecule has 0 spiro atoms. The summed E-state index contributed by atoms with van der Waals surface area (Å²) in [6.07, 6.45) is 0.683. The van der Waals surface area contributed by atoms with Gasteiger partial charge in [-0.1, -0.05) is 43.5 Å². The van der Waals surface area contributed by atoms with Crippen molar-refractivity contribution >= 4 is 46.5 Å². The van der Waals surface area contributed by atoms with Crippen LogP contribution in [0.2, 0.25) is 10.0 Å². The second-order valence-corrected chi connectivity index (χ2v) is 7.19. The van der Waals surface area contributed by atoms with Crippen LogP contribution in [0, 0.1) is 16.0 Å². The van der Waals surface area contributed by atoms with E-state index < -0.39 is 22.8 Å². The third-order valence-corrected chi connectivity index (χ3v) is 4.89. The molecule has 0 fully saturated rings. The van der Waals surface area contributed by atoms with Gasteiger partial charge in [-0.05, 0) is 30.2 Å². The van der Waals surface area contributed by atoms with Crippen LogP contribution in [0.15, 0.2) is 36.4 Å². The molecule has 3 N–H and O–H groups in total. The summed E-state index contributed by atoms with van der Waals surface area (Å²) in [4.78, 5) is 35.2. The van der Waals surface area contributed by atoms with Gasteiger partial charge in [0, 0.05) is 17.2 Å². The number of rotatable bonds is 7. The smallest absolute Gasteiger partial charge is 0.328 e. The van der Waals surface area contributed by atoms with E-state index in [9.17, 15) is 19.7 Å². The Morgan fingerprint density at radius 2 is 1.93 bits per heavy atom. The molecule has 0 saturated heterocycles. The Bertz CT molecular complexity index is 951. The molecule has 2 aromatic rings. The molecule has 29 heavy (non-hydrogen) atoms. The molecule has 0 aliphatic rings. The number of anilines is 1. The summed E-state index contributed by atoms with van der Waals surface area (Å²) in [6, 6.07) is 6.94. The lowest BCUT2D eigenvalue weighted by molar-refractivity contribution is -0.384. The molecule has 0 saturated carbocycles. The Morgan fingerprint density at radius 3 is 2.52 bits per heavy atom. The number of nitrogens with two attached hydrogens (primary N) is 1. The normalized spacial score (nSPS) is 12.7. The van der Waals surface area contributed by atoms with Crippen molar-refractivity contribution in [3.05, 3.63) is 62.1 Å². The number of nitrogens with one attached hydrogen (secondary N) is 1. The Labute approximate surface area is 177 Å². The molecule has 2 atom stereocenters. The number of benzene rings is 2. The van der Waals surface area contributed by atoms with E-state index in [2.05, 4.69) is 5.32 Å². The molecule has 0 aliphatic carbocycles. The van der Waals surface area contributed by atoms with Gasteiger partial charge in [0.15, 0.2) is 0 Å². The van der Waals surface area contributed by atoms with Crippen LogP contribution >= 0.6 is 23.2 Å². The minimum atomic E-state index is -0.851. The fraction of sp³-hybridized carbons (Fsp3) is 0.263. The third kappa shape index (κ3) is 5.66. The van der Waals surface area contributed by atoms with Gasteiger partial charge in [-0.15, -0.1) is 0 Å². The SMILES string of the molecule is CC[C@H](C)[C@H](N)C(=O)Oc1ccc(Cl)cc1C(=O)Nc1ccc([N+](=O)[O-])cc1Cl. The Balaban J connectivity index is 2.27. The lowest BCUT2D eigenvalue weighted by Gasteiger charge is -2.18. The summed E-state index contributed by atoms with van der Waals surface area (Å²) >= 11 is 12.0. The topological polar surface area (TPSA) is 125 Å². The number of hydrogen-bond donors (Lipinski definition) is 2. The fourth-order valence-electron chi connectivity index (χ4n) is 2.34. The van der Waals surface area contributed by atoms with Gasteiger partial charge in [-0.2, -0.15) is 0 Å². The van der Waals surface area contributed by atoms with Crippen LogP contribution in [0.5, 0.6) is 5.75 Å². The Morgan fingerprint density at radius 1 is 1.24 bits per heavy atom. The predicted octanol–water partition coefficient (Wildman–Crippen LogP) is 4.43. The van der Waals surface area contributed by atoms with E-state index in [1.807, 2.05) is 13.8 Å². The van der Waals surface area contributed by atoms with Gasteiger partial charge in [0.2, 0.25) is 0 Å². The van der Waals surface area contributed by atoms with Gasteiger partial charge in [-0.25, -0.2) is 4.79 Å². The van der Waals surface area contributed by atoms with E-state index in [-0.39, 0.29) is 38.7 Å². The highest BCUT2D eigenvalue weighted by Crippen LogP contribution is 2.29. The highest BCUT2D eigenvalue weighted by Gasteiger charge is 2.24. The van der Waals surface area contributed by atoms with Crippen molar-refractivity contribution in [1.82, 2.24) is 0 Å². The number of carbonyl (C=O) groups excluding carboxylic acids is 2. The van der Waals surface area contributed by atoms with Gasteiger partial charge in [0.1, 0.15) is 11.8 Å². The summed E-state index contributed by atoms with van der Waals surface area (Å²) in [5, 5.41) is 13.6. The van der Waals surface area contributed by atoms with Crippen LogP contribution in [0.3, 0.4) is 0 Å². The van der Waals surface area contributed by atoms with Gasteiger partial charge < -0.3 is 15.8 Å². The molecule has 0 aromatic heterocycles. The number of esters is 1. The number of hydrogen-bond acceptors (Lipinski definition) is 6. The molecule has 10 heteroatoms. The number of amides is 1. The van der Waals surface area contributed by atoms with E-state index in [0.717, 1.165) is 6.07 Å². The van der Waals surface area contributed by atoms with E-state index in [4.69, 9.17) is 33.7 Å². The molecule has 2 aromatic carbocycles. The van der Waals surface area contributed by atoms with Gasteiger partial charge in [-0.3, -0.25) is 14.9 Å². The maximum atomic E-state index is 12.7. The maximum absolute atomic E-state index is 12.7. The summed E-state index contributed by atoms with van der Waals surface area (Å²) in [5.41, 5.74) is 5.80. The third-order valence-electron chi connectivity index (χ3n) is 4.34. The van der Waals surface area contributed by atoms with Crippen LogP contribution < -0.4 is 15.8 Å². The zero-order valence-corrected chi connectivity index (χ0v) is 17.2. The maximum Gasteiger partial charge on any atom is 0.328 e. The first-order valence-corrected chi connectivity index (χ1v) is 9.41. The summed E-state index contributed by atoms with van der Waals surface area (Å²) in [5.74, 6) is -1.47. The summed E-state index contributed by atoms with van der Waals surface area (Å²) in [7, 11) is 0. The van der Waals surface area contributed by atoms with Crippen LogP contribution in [0.25, 0.3) is 0 Å². The number of nitrogens with zero attached hydrogens (tertiary/aromatic N) is 1.